The monoisotopic (exact) mass is 560 g/mol. The van der Waals surface area contributed by atoms with E-state index in [1.165, 1.54) is 12.1 Å². The lowest BCUT2D eigenvalue weighted by atomic mass is 10.0. The van der Waals surface area contributed by atoms with Crippen molar-refractivity contribution in [2.45, 2.75) is 38.5 Å². The Bertz CT molecular complexity index is 1620. The van der Waals surface area contributed by atoms with E-state index in [-0.39, 0.29) is 23.4 Å². The number of alkyl halides is 3. The Balaban J connectivity index is 1.32. The van der Waals surface area contributed by atoms with Crippen molar-refractivity contribution < 1.29 is 18.0 Å². The fraction of sp³-hybridized carbons (Fsp3) is 0.323. The second-order valence-corrected chi connectivity index (χ2v) is 10.5. The molecule has 0 saturated carbocycles. The quantitative estimate of drug-likeness (QED) is 0.339. The molecule has 0 atom stereocenters. The first-order valence-corrected chi connectivity index (χ1v) is 13.4. The number of likely N-dealkylation sites (tertiary alicyclic amines) is 1. The third-order valence-corrected chi connectivity index (χ3v) is 7.49. The van der Waals surface area contributed by atoms with Crippen molar-refractivity contribution in [2.75, 3.05) is 32.5 Å². The second kappa shape index (κ2) is 11.7. The molecule has 1 amide bonds. The van der Waals surface area contributed by atoms with E-state index >= 15 is 0 Å². The number of halogens is 3. The summed E-state index contributed by atoms with van der Waals surface area (Å²) in [7, 11) is 4.06. The van der Waals surface area contributed by atoms with Gasteiger partial charge in [0.15, 0.2) is 5.69 Å². The van der Waals surface area contributed by atoms with E-state index in [9.17, 15) is 18.0 Å². The third-order valence-electron chi connectivity index (χ3n) is 7.49. The van der Waals surface area contributed by atoms with Crippen LogP contribution in [0.2, 0.25) is 0 Å². The van der Waals surface area contributed by atoms with E-state index in [1.54, 1.807) is 28.9 Å². The molecule has 0 aliphatic carbocycles. The topological polar surface area (TPSA) is 65.8 Å². The molecule has 1 N–H and O–H groups in total. The number of rotatable bonds is 5. The number of aromatic nitrogens is 3. The number of aryl methyl sites for hydroxylation is 1. The number of pyridine rings is 1. The van der Waals surface area contributed by atoms with Gasteiger partial charge in [0.05, 0.1) is 5.56 Å². The Kier molecular flexibility index (Phi) is 8.10. The number of carbonyl (C=O) groups excluding carboxylic acids is 1. The zero-order valence-electron chi connectivity index (χ0n) is 23.2. The molecule has 5 rings (SSSR count). The van der Waals surface area contributed by atoms with E-state index in [4.69, 9.17) is 0 Å². The molecule has 3 heterocycles. The number of piperidine rings is 1. The minimum atomic E-state index is -4.54. The van der Waals surface area contributed by atoms with Gasteiger partial charge in [0.2, 0.25) is 0 Å². The summed E-state index contributed by atoms with van der Waals surface area (Å²) in [5.41, 5.74) is 2.56. The summed E-state index contributed by atoms with van der Waals surface area (Å²) in [5, 5.41) is 10.8. The van der Waals surface area contributed by atoms with Crippen molar-refractivity contribution in [1.29, 1.82) is 0 Å². The van der Waals surface area contributed by atoms with Gasteiger partial charge in [-0.05, 0) is 100 Å². The predicted octanol–water partition coefficient (Wildman–Crippen LogP) is 5.23. The van der Waals surface area contributed by atoms with Gasteiger partial charge in [-0.2, -0.15) is 13.2 Å². The maximum absolute atomic E-state index is 14.0. The molecule has 4 aromatic rings. The molecular weight excluding hydrogens is 529 g/mol. The summed E-state index contributed by atoms with van der Waals surface area (Å²) in [6.07, 6.45) is -0.937. The van der Waals surface area contributed by atoms with Gasteiger partial charge in [-0.3, -0.25) is 9.69 Å². The van der Waals surface area contributed by atoms with Crippen molar-refractivity contribution in [1.82, 2.24) is 24.6 Å². The maximum atomic E-state index is 14.0. The molecule has 0 spiro atoms. The molecule has 0 bridgehead atoms. The summed E-state index contributed by atoms with van der Waals surface area (Å²) in [5.74, 6) is 5.53. The van der Waals surface area contributed by atoms with E-state index in [1.807, 2.05) is 39.2 Å². The summed E-state index contributed by atoms with van der Waals surface area (Å²) in [4.78, 5) is 17.3. The Hall–Kier alpha value is -4.20. The first-order chi connectivity index (χ1) is 19.6. The average Bonchev–Trinajstić information content (AvgIpc) is 3.36. The normalized spacial score (nSPS) is 14.7. The first kappa shape index (κ1) is 28.3. The highest BCUT2D eigenvalue weighted by Gasteiger charge is 2.34. The van der Waals surface area contributed by atoms with E-state index < -0.39 is 17.6 Å². The first-order valence-electron chi connectivity index (χ1n) is 13.4. The summed E-state index contributed by atoms with van der Waals surface area (Å²) in [6.45, 7) is 3.56. The van der Waals surface area contributed by atoms with Gasteiger partial charge in [0.1, 0.15) is 5.52 Å². The Morgan fingerprint density at radius 1 is 1.07 bits per heavy atom. The van der Waals surface area contributed by atoms with Crippen molar-refractivity contribution in [3.63, 3.8) is 0 Å². The fourth-order valence-corrected chi connectivity index (χ4v) is 5.05. The molecule has 10 heteroatoms. The molecule has 7 nitrogen and oxygen atoms in total. The molecule has 1 fully saturated rings. The predicted molar refractivity (Wildman–Crippen MR) is 152 cm³/mol. The van der Waals surface area contributed by atoms with Crippen LogP contribution in [-0.4, -0.2) is 63.8 Å². The fourth-order valence-electron chi connectivity index (χ4n) is 5.05. The lowest BCUT2D eigenvalue weighted by Gasteiger charge is -2.35. The van der Waals surface area contributed by atoms with Crippen LogP contribution in [0.4, 0.5) is 18.9 Å². The van der Waals surface area contributed by atoms with Crippen LogP contribution in [0.25, 0.3) is 5.52 Å². The van der Waals surface area contributed by atoms with Gasteiger partial charge in [0, 0.05) is 35.6 Å². The number of fused-ring (bicyclic) bond motifs is 1. The molecular formula is C31H31F3N6O. The number of nitrogens with zero attached hydrogens (tertiary/aromatic N) is 5. The van der Waals surface area contributed by atoms with Crippen molar-refractivity contribution in [3.05, 3.63) is 94.3 Å². The zero-order chi connectivity index (χ0) is 29.1. The molecule has 1 aliphatic rings. The Morgan fingerprint density at radius 2 is 1.85 bits per heavy atom. The van der Waals surface area contributed by atoms with Gasteiger partial charge < -0.3 is 10.2 Å². The SMILES string of the molecule is Cc1ccc(C(=O)Nc2ccc(CN3CCC(N(C)C)CC3)c(C(F)(F)F)c2)cc1C#Cc1nnn2ccccc12. The van der Waals surface area contributed by atoms with Crippen LogP contribution < -0.4 is 5.32 Å². The highest BCUT2D eigenvalue weighted by atomic mass is 19.4. The molecule has 2 aromatic heterocycles. The van der Waals surface area contributed by atoms with E-state index in [0.717, 1.165) is 43.1 Å². The molecule has 0 unspecified atom stereocenters. The summed E-state index contributed by atoms with van der Waals surface area (Å²) in [6, 6.07) is 15.0. The highest BCUT2D eigenvalue weighted by molar-refractivity contribution is 6.04. The lowest BCUT2D eigenvalue weighted by Crippen LogP contribution is -2.41. The van der Waals surface area contributed by atoms with Crippen molar-refractivity contribution in [2.24, 2.45) is 0 Å². The van der Waals surface area contributed by atoms with Crippen LogP contribution in [0.15, 0.2) is 60.8 Å². The standard InChI is InChI=1S/C31H31F3N6O/c1-21-7-8-23(18-22(21)10-12-28-29-6-4-5-15-40(29)37-36-28)30(41)35-25-11-9-24(27(19-25)31(32,33)34)20-39-16-13-26(14-17-39)38(2)3/h4-9,11,15,18-19,26H,13-14,16-17,20H2,1-3H3,(H,35,41). The van der Waals surface area contributed by atoms with Gasteiger partial charge >= 0.3 is 6.18 Å². The Labute approximate surface area is 237 Å². The van der Waals surface area contributed by atoms with Gasteiger partial charge in [0.25, 0.3) is 5.91 Å². The highest BCUT2D eigenvalue weighted by Crippen LogP contribution is 2.35. The number of amides is 1. The van der Waals surface area contributed by atoms with Crippen LogP contribution in [0.5, 0.6) is 0 Å². The maximum Gasteiger partial charge on any atom is 0.416 e. The number of carbonyl (C=O) groups is 1. The minimum absolute atomic E-state index is 0.0844. The van der Waals surface area contributed by atoms with Crippen LogP contribution in [0.3, 0.4) is 0 Å². The molecule has 2 aromatic carbocycles. The smallest absolute Gasteiger partial charge is 0.322 e. The largest absolute Gasteiger partial charge is 0.416 e. The third kappa shape index (κ3) is 6.59. The second-order valence-electron chi connectivity index (χ2n) is 10.5. The van der Waals surface area contributed by atoms with Crippen molar-refractivity contribution in [3.8, 4) is 11.8 Å². The number of hydrogen-bond acceptors (Lipinski definition) is 5. The van der Waals surface area contributed by atoms with Crippen LogP contribution in [0, 0.1) is 18.8 Å². The molecule has 1 saturated heterocycles. The van der Waals surface area contributed by atoms with Crippen LogP contribution >= 0.6 is 0 Å². The van der Waals surface area contributed by atoms with Gasteiger partial charge in [-0.1, -0.05) is 29.3 Å². The zero-order valence-corrected chi connectivity index (χ0v) is 23.2. The molecule has 1 aliphatic heterocycles. The average molecular weight is 561 g/mol. The number of nitrogens with one attached hydrogen (secondary N) is 1. The number of anilines is 1. The summed E-state index contributed by atoms with van der Waals surface area (Å²) >= 11 is 0. The van der Waals surface area contributed by atoms with Gasteiger partial charge in [-0.15, -0.1) is 5.10 Å². The number of hydrogen-bond donors (Lipinski definition) is 1. The minimum Gasteiger partial charge on any atom is -0.322 e. The number of benzene rings is 2. The summed E-state index contributed by atoms with van der Waals surface area (Å²) < 4.78 is 43.7. The molecule has 0 radical (unpaired) electrons. The van der Waals surface area contributed by atoms with E-state index in [2.05, 4.69) is 37.3 Å². The lowest BCUT2D eigenvalue weighted by molar-refractivity contribution is -0.138. The van der Waals surface area contributed by atoms with Crippen LogP contribution in [0.1, 0.15) is 51.1 Å². The van der Waals surface area contributed by atoms with Gasteiger partial charge in [-0.25, -0.2) is 4.52 Å². The van der Waals surface area contributed by atoms with Crippen molar-refractivity contribution >= 4 is 17.1 Å². The molecule has 41 heavy (non-hydrogen) atoms. The van der Waals surface area contributed by atoms with Crippen LogP contribution in [-0.2, 0) is 12.7 Å². The van der Waals surface area contributed by atoms with E-state index in [0.29, 0.717) is 17.3 Å². The Morgan fingerprint density at radius 3 is 2.59 bits per heavy atom. The molecule has 212 valence electrons.